The van der Waals surface area contributed by atoms with Crippen LogP contribution >= 0.6 is 0 Å². The molecule has 5 N–H and O–H groups in total. The molecule has 0 aliphatic carbocycles. The first-order valence-corrected chi connectivity index (χ1v) is 10.2. The molecule has 1 aliphatic rings. The van der Waals surface area contributed by atoms with Crippen LogP contribution in [-0.4, -0.2) is 60.2 Å². The van der Waals surface area contributed by atoms with Crippen LogP contribution in [0.15, 0.2) is 36.7 Å². The van der Waals surface area contributed by atoms with E-state index in [2.05, 4.69) is 15.6 Å². The third kappa shape index (κ3) is 5.42. The fraction of sp³-hybridized carbons (Fsp3) is 0.261. The summed E-state index contributed by atoms with van der Waals surface area (Å²) in [6.45, 7) is 3.32. The van der Waals surface area contributed by atoms with Gasteiger partial charge >= 0.3 is 6.34 Å². The lowest BCUT2D eigenvalue weighted by Crippen LogP contribution is -2.64. The number of carbonyl (C=O) groups excluding carboxylic acids is 2. The molecular weight excluding hydrogens is 428 g/mol. The Morgan fingerprint density at radius 3 is 1.70 bits per heavy atom. The number of hydrogen-bond donors (Lipinski definition) is 5. The number of aryl methyl sites for hydroxylation is 2. The standard InChI is InChI=1S/C23H26N4O6/c1-14-7-18(28)16(9-20(14)32-3)25-22(30)11-27(6-5-24-13-27)12-23(31)26-17-10-21(33-4)15(2)8-19(17)29/h5-10,13H,11-12H2,1-4H3,(H3-,25,26,28,29,30,31)/p+2. The van der Waals surface area contributed by atoms with E-state index in [1.165, 1.54) is 38.5 Å². The number of benzene rings is 2. The maximum absolute atomic E-state index is 12.8. The fourth-order valence-corrected chi connectivity index (χ4v) is 3.58. The quantitative estimate of drug-likeness (QED) is 0.294. The van der Waals surface area contributed by atoms with Crippen molar-refractivity contribution in [1.29, 1.82) is 0 Å². The van der Waals surface area contributed by atoms with E-state index < -0.39 is 11.8 Å². The van der Waals surface area contributed by atoms with E-state index in [0.29, 0.717) is 11.5 Å². The highest BCUT2D eigenvalue weighted by Gasteiger charge is 2.36. The minimum absolute atomic E-state index is 0.0891. The summed E-state index contributed by atoms with van der Waals surface area (Å²) in [7, 11) is 3.00. The van der Waals surface area contributed by atoms with E-state index in [4.69, 9.17) is 9.47 Å². The van der Waals surface area contributed by atoms with Crippen LogP contribution in [0.25, 0.3) is 0 Å². The molecule has 0 fully saturated rings. The molecule has 1 heterocycles. The topological polar surface area (TPSA) is 131 Å². The molecular formula is C23H28N4O6+2. The maximum Gasteiger partial charge on any atom is 0.336 e. The third-order valence-electron chi connectivity index (χ3n) is 5.25. The molecule has 10 heteroatoms. The Morgan fingerprint density at radius 1 is 0.879 bits per heavy atom. The van der Waals surface area contributed by atoms with E-state index in [1.807, 2.05) is 0 Å². The number of methoxy groups -OCH3 is 2. The van der Waals surface area contributed by atoms with Gasteiger partial charge in [-0.3, -0.25) is 9.59 Å². The number of amides is 2. The molecule has 10 nitrogen and oxygen atoms in total. The summed E-state index contributed by atoms with van der Waals surface area (Å²) < 4.78 is 10.4. The predicted octanol–water partition coefficient (Wildman–Crippen LogP) is 0.720. The predicted molar refractivity (Wildman–Crippen MR) is 122 cm³/mol. The normalized spacial score (nSPS) is 13.6. The third-order valence-corrected chi connectivity index (χ3v) is 5.25. The Bertz CT molecular complexity index is 1050. The van der Waals surface area contributed by atoms with Gasteiger partial charge in [0.2, 0.25) is 6.20 Å². The number of quaternary nitrogens is 1. The Balaban J connectivity index is 1.72. The highest BCUT2D eigenvalue weighted by atomic mass is 16.5. The molecule has 3 rings (SSSR count). The molecule has 0 saturated carbocycles. The van der Waals surface area contributed by atoms with E-state index >= 15 is 0 Å². The van der Waals surface area contributed by atoms with Crippen molar-refractivity contribution in [1.82, 2.24) is 0 Å². The fourth-order valence-electron chi connectivity index (χ4n) is 3.58. The number of carbonyl (C=O) groups is 2. The summed E-state index contributed by atoms with van der Waals surface area (Å²) in [5.41, 5.74) is 1.86. The van der Waals surface area contributed by atoms with Gasteiger partial charge in [-0.2, -0.15) is 9.48 Å². The van der Waals surface area contributed by atoms with E-state index in [9.17, 15) is 19.8 Å². The Kier molecular flexibility index (Phi) is 6.88. The zero-order valence-electron chi connectivity index (χ0n) is 18.9. The first kappa shape index (κ1) is 23.6. The summed E-state index contributed by atoms with van der Waals surface area (Å²) >= 11 is 0. The second kappa shape index (κ2) is 9.61. The molecule has 2 amide bonds. The SMILES string of the molecule is COc1cc(NC(=O)C[N+]2(CC(=O)Nc3cc(OC)c(C)cc3O)C=C[NH+]=C2)c(O)cc1C. The molecule has 33 heavy (non-hydrogen) atoms. The molecule has 0 unspecified atom stereocenters. The van der Waals surface area contributed by atoms with Gasteiger partial charge in [0.05, 0.1) is 25.6 Å². The average molecular weight is 456 g/mol. The highest BCUT2D eigenvalue weighted by Crippen LogP contribution is 2.32. The molecule has 0 bridgehead atoms. The van der Waals surface area contributed by atoms with Crippen molar-refractivity contribution in [3.05, 3.63) is 47.8 Å². The smallest absolute Gasteiger partial charge is 0.336 e. The zero-order chi connectivity index (χ0) is 24.2. The van der Waals surface area contributed by atoms with Gasteiger partial charge in [0.15, 0.2) is 19.3 Å². The van der Waals surface area contributed by atoms with Crippen molar-refractivity contribution in [2.75, 3.05) is 37.9 Å². The van der Waals surface area contributed by atoms with Crippen molar-refractivity contribution in [3.8, 4) is 23.0 Å². The van der Waals surface area contributed by atoms with E-state index in [-0.39, 0.29) is 40.4 Å². The lowest BCUT2D eigenvalue weighted by Gasteiger charge is -2.23. The van der Waals surface area contributed by atoms with Gasteiger partial charge in [-0.1, -0.05) is 0 Å². The van der Waals surface area contributed by atoms with Crippen LogP contribution in [0.3, 0.4) is 0 Å². The van der Waals surface area contributed by atoms with Crippen LogP contribution in [0.1, 0.15) is 11.1 Å². The van der Waals surface area contributed by atoms with Crippen LogP contribution in [0.5, 0.6) is 23.0 Å². The first-order valence-electron chi connectivity index (χ1n) is 10.2. The number of nitrogens with zero attached hydrogens (tertiary/aromatic N) is 1. The molecule has 0 spiro atoms. The lowest BCUT2D eigenvalue weighted by molar-refractivity contribution is -0.770. The molecule has 0 aromatic heterocycles. The first-order chi connectivity index (χ1) is 15.7. The maximum atomic E-state index is 12.8. The van der Waals surface area contributed by atoms with Gasteiger partial charge in [0, 0.05) is 12.1 Å². The number of nitrogens with one attached hydrogen (secondary N) is 3. The van der Waals surface area contributed by atoms with Crippen molar-refractivity contribution in [2.45, 2.75) is 13.8 Å². The van der Waals surface area contributed by atoms with Crippen LogP contribution in [0, 0.1) is 13.8 Å². The number of phenolic OH excluding ortho intramolecular Hbond substituents is 2. The van der Waals surface area contributed by atoms with Crippen molar-refractivity contribution in [2.24, 2.45) is 0 Å². The van der Waals surface area contributed by atoms with Crippen molar-refractivity contribution in [3.63, 3.8) is 0 Å². The Morgan fingerprint density at radius 2 is 1.33 bits per heavy atom. The van der Waals surface area contributed by atoms with Crippen LogP contribution in [0.4, 0.5) is 11.4 Å². The highest BCUT2D eigenvalue weighted by molar-refractivity contribution is 5.96. The summed E-state index contributed by atoms with van der Waals surface area (Å²) in [4.78, 5) is 28.4. The minimum Gasteiger partial charge on any atom is -0.506 e. The van der Waals surface area contributed by atoms with E-state index in [1.54, 1.807) is 32.6 Å². The Labute approximate surface area is 191 Å². The number of phenols is 2. The second-order valence-electron chi connectivity index (χ2n) is 7.81. The molecule has 0 atom stereocenters. The summed E-state index contributed by atoms with van der Waals surface area (Å²) in [5.74, 6) is 0.0209. The average Bonchev–Trinajstić information content (AvgIpc) is 3.19. The lowest BCUT2D eigenvalue weighted by atomic mass is 10.2. The number of anilines is 2. The zero-order valence-corrected chi connectivity index (χ0v) is 18.9. The molecule has 0 saturated heterocycles. The Hall–Kier alpha value is -4.05. The number of rotatable bonds is 8. The second-order valence-corrected chi connectivity index (χ2v) is 7.81. The van der Waals surface area contributed by atoms with Gasteiger partial charge in [0.1, 0.15) is 23.0 Å². The van der Waals surface area contributed by atoms with Crippen molar-refractivity contribution >= 4 is 29.5 Å². The van der Waals surface area contributed by atoms with Crippen molar-refractivity contribution < 1.29 is 38.8 Å². The molecule has 174 valence electrons. The number of ether oxygens (including phenoxy) is 2. The molecule has 2 aromatic rings. The van der Waals surface area contributed by atoms with Gasteiger partial charge in [-0.05, 0) is 37.1 Å². The molecule has 2 aromatic carbocycles. The van der Waals surface area contributed by atoms with Gasteiger partial charge in [0.25, 0.3) is 11.8 Å². The molecule has 1 aliphatic heterocycles. The largest absolute Gasteiger partial charge is 0.506 e. The van der Waals surface area contributed by atoms with Crippen LogP contribution in [0.2, 0.25) is 0 Å². The van der Waals surface area contributed by atoms with Gasteiger partial charge < -0.3 is 30.3 Å². The minimum atomic E-state index is -0.423. The van der Waals surface area contributed by atoms with Gasteiger partial charge in [-0.15, -0.1) is 0 Å². The van der Waals surface area contributed by atoms with Gasteiger partial charge in [-0.25, -0.2) is 0 Å². The van der Waals surface area contributed by atoms with Crippen LogP contribution < -0.4 is 25.1 Å². The summed E-state index contributed by atoms with van der Waals surface area (Å²) in [5, 5.41) is 25.7. The molecule has 0 radical (unpaired) electrons. The summed E-state index contributed by atoms with van der Waals surface area (Å²) in [6, 6.07) is 6.07. The monoisotopic (exact) mass is 456 g/mol. The number of hydrogen-bond acceptors (Lipinski definition) is 6. The summed E-state index contributed by atoms with van der Waals surface area (Å²) in [6.07, 6.45) is 4.90. The number of aromatic hydroxyl groups is 2. The van der Waals surface area contributed by atoms with E-state index in [0.717, 1.165) is 11.1 Å². The van der Waals surface area contributed by atoms with Crippen LogP contribution in [-0.2, 0) is 9.59 Å².